The predicted molar refractivity (Wildman–Crippen MR) is 127 cm³/mol. The molecule has 174 valence electrons. The zero-order valence-corrected chi connectivity index (χ0v) is 21.0. The molecule has 1 fully saturated rings. The molecule has 31 heavy (non-hydrogen) atoms. The van der Waals surface area contributed by atoms with Crippen molar-refractivity contribution in [3.05, 3.63) is 18.2 Å². The molecule has 2 aromatic rings. The van der Waals surface area contributed by atoms with E-state index in [0.29, 0.717) is 23.9 Å². The molecule has 0 aliphatic carbocycles. The van der Waals surface area contributed by atoms with E-state index in [9.17, 15) is 8.42 Å². The Hall–Kier alpha value is -1.13. The Morgan fingerprint density at radius 1 is 1.26 bits per heavy atom. The zero-order valence-electron chi connectivity index (χ0n) is 19.4. The number of nitrogens with zero attached hydrogens (tertiary/aromatic N) is 4. The lowest BCUT2D eigenvalue weighted by atomic mass is 10.2. The molecule has 1 aliphatic heterocycles. The highest BCUT2D eigenvalue weighted by atomic mass is 32.2. The quantitative estimate of drug-likeness (QED) is 0.497. The van der Waals surface area contributed by atoms with Crippen molar-refractivity contribution in [2.75, 3.05) is 45.1 Å². The molecule has 7 nitrogen and oxygen atoms in total. The number of benzene rings is 1. The van der Waals surface area contributed by atoms with Crippen LogP contribution in [0.15, 0.2) is 28.3 Å². The molecule has 0 N–H and O–H groups in total. The number of fused-ring (bicyclic) bond motifs is 1. The fourth-order valence-electron chi connectivity index (χ4n) is 4.11. The summed E-state index contributed by atoms with van der Waals surface area (Å²) in [5.41, 5.74) is 1.69. The van der Waals surface area contributed by atoms with Gasteiger partial charge in [0.15, 0.2) is 5.16 Å². The number of sulfonamides is 1. The van der Waals surface area contributed by atoms with Crippen LogP contribution in [0.3, 0.4) is 0 Å². The number of hydrogen-bond donors (Lipinski definition) is 0. The molecule has 0 unspecified atom stereocenters. The van der Waals surface area contributed by atoms with Crippen molar-refractivity contribution in [3.8, 4) is 0 Å². The second-order valence-electron chi connectivity index (χ2n) is 8.34. The average Bonchev–Trinajstić information content (AvgIpc) is 3.09. The fraction of sp³-hybridized carbons (Fsp3) is 0.682. The van der Waals surface area contributed by atoms with E-state index in [0.717, 1.165) is 54.7 Å². The molecule has 9 heteroatoms. The van der Waals surface area contributed by atoms with Crippen LogP contribution in [0.4, 0.5) is 0 Å². The molecule has 3 rings (SSSR count). The summed E-state index contributed by atoms with van der Waals surface area (Å²) in [6.07, 6.45) is 0.182. The Morgan fingerprint density at radius 3 is 2.65 bits per heavy atom. The third-order valence-corrected chi connectivity index (χ3v) is 8.74. The second kappa shape index (κ2) is 10.7. The van der Waals surface area contributed by atoms with E-state index in [1.165, 1.54) is 4.31 Å². The van der Waals surface area contributed by atoms with Crippen molar-refractivity contribution < 1.29 is 13.2 Å². The van der Waals surface area contributed by atoms with Crippen molar-refractivity contribution in [1.29, 1.82) is 0 Å². The number of thioether (sulfide) groups is 1. The largest absolute Gasteiger partial charge is 0.375 e. The van der Waals surface area contributed by atoms with Crippen LogP contribution in [0.5, 0.6) is 0 Å². The standard InChI is InChI=1S/C22H36N4O3S2/c1-6-25(7-2)31(27,28)19-9-10-21-20(13-19)23-22(26(21)8-3)30-16-18-15-24(11-12-29-18)14-17(4)5/h9-10,13,17-18H,6-8,11-12,14-16H2,1-5H3/t18-/m1/s1. The molecule has 1 aromatic heterocycles. The van der Waals surface area contributed by atoms with Gasteiger partial charge in [0.05, 0.1) is 28.6 Å². The summed E-state index contributed by atoms with van der Waals surface area (Å²) in [6.45, 7) is 15.8. The molecule has 1 saturated heterocycles. The minimum absolute atomic E-state index is 0.182. The third kappa shape index (κ3) is 5.63. The van der Waals surface area contributed by atoms with Crippen LogP contribution in [0.1, 0.15) is 34.6 Å². The van der Waals surface area contributed by atoms with E-state index in [-0.39, 0.29) is 6.10 Å². The lowest BCUT2D eigenvalue weighted by Gasteiger charge is -2.33. The Labute approximate surface area is 191 Å². The lowest BCUT2D eigenvalue weighted by Crippen LogP contribution is -2.44. The van der Waals surface area contributed by atoms with E-state index in [1.807, 2.05) is 19.9 Å². The SMILES string of the molecule is CCN(CC)S(=O)(=O)c1ccc2c(c1)nc(SC[C@H]1CN(CC(C)C)CCO1)n2CC. The Bertz CT molecular complexity index is 971. The molecule has 1 aromatic carbocycles. The summed E-state index contributed by atoms with van der Waals surface area (Å²) in [7, 11) is -3.50. The first kappa shape index (κ1) is 24.5. The summed E-state index contributed by atoms with van der Waals surface area (Å²) < 4.78 is 35.4. The number of ether oxygens (including phenoxy) is 1. The van der Waals surface area contributed by atoms with Crippen molar-refractivity contribution in [1.82, 2.24) is 18.8 Å². The maximum Gasteiger partial charge on any atom is 0.243 e. The van der Waals surface area contributed by atoms with Crippen molar-refractivity contribution in [2.45, 2.75) is 57.3 Å². The van der Waals surface area contributed by atoms with Crippen LogP contribution in [-0.2, 0) is 21.3 Å². The van der Waals surface area contributed by atoms with E-state index in [2.05, 4.69) is 30.2 Å². The van der Waals surface area contributed by atoms with E-state index >= 15 is 0 Å². The van der Waals surface area contributed by atoms with Gasteiger partial charge in [0.1, 0.15) is 0 Å². The molecular formula is C22H36N4O3S2. The number of hydrogen-bond acceptors (Lipinski definition) is 6. The van der Waals surface area contributed by atoms with Crippen molar-refractivity contribution >= 4 is 32.8 Å². The van der Waals surface area contributed by atoms with Gasteiger partial charge in [-0.25, -0.2) is 13.4 Å². The molecule has 1 atom stereocenters. The summed E-state index contributed by atoms with van der Waals surface area (Å²) in [6, 6.07) is 5.29. The molecule has 0 spiro atoms. The average molecular weight is 469 g/mol. The number of imidazole rings is 1. The van der Waals surface area contributed by atoms with Crippen molar-refractivity contribution in [2.24, 2.45) is 5.92 Å². The summed E-state index contributed by atoms with van der Waals surface area (Å²) in [5.74, 6) is 1.49. The number of rotatable bonds is 10. The molecule has 0 saturated carbocycles. The minimum Gasteiger partial charge on any atom is -0.375 e. The van der Waals surface area contributed by atoms with Crippen LogP contribution in [0.25, 0.3) is 11.0 Å². The molecular weight excluding hydrogens is 432 g/mol. The zero-order chi connectivity index (χ0) is 22.6. The van der Waals surface area contributed by atoms with Crippen LogP contribution >= 0.6 is 11.8 Å². The Morgan fingerprint density at radius 2 is 2.00 bits per heavy atom. The van der Waals surface area contributed by atoms with Crippen LogP contribution in [0, 0.1) is 5.92 Å². The lowest BCUT2D eigenvalue weighted by molar-refractivity contribution is -0.0191. The smallest absolute Gasteiger partial charge is 0.243 e. The molecule has 0 radical (unpaired) electrons. The summed E-state index contributed by atoms with van der Waals surface area (Å²) >= 11 is 1.69. The fourth-order valence-corrected chi connectivity index (χ4v) is 6.67. The van der Waals surface area contributed by atoms with Gasteiger partial charge in [-0.1, -0.05) is 39.5 Å². The number of aromatic nitrogens is 2. The van der Waals surface area contributed by atoms with Gasteiger partial charge in [-0.3, -0.25) is 4.90 Å². The van der Waals surface area contributed by atoms with Gasteiger partial charge in [-0.05, 0) is 31.0 Å². The predicted octanol–water partition coefficient (Wildman–Crippen LogP) is 3.54. The maximum atomic E-state index is 12.9. The van der Waals surface area contributed by atoms with Crippen molar-refractivity contribution in [3.63, 3.8) is 0 Å². The molecule has 0 bridgehead atoms. The van der Waals surface area contributed by atoms with Crippen LogP contribution in [-0.4, -0.2) is 78.4 Å². The highest BCUT2D eigenvalue weighted by molar-refractivity contribution is 7.99. The maximum absolute atomic E-state index is 12.9. The number of morpholine rings is 1. The molecule has 2 heterocycles. The monoisotopic (exact) mass is 468 g/mol. The molecule has 0 amide bonds. The minimum atomic E-state index is -3.50. The summed E-state index contributed by atoms with van der Waals surface area (Å²) in [4.78, 5) is 7.58. The molecule has 1 aliphatic rings. The van der Waals surface area contributed by atoms with Crippen LogP contribution < -0.4 is 0 Å². The second-order valence-corrected chi connectivity index (χ2v) is 11.3. The first-order valence-electron chi connectivity index (χ1n) is 11.3. The number of aryl methyl sites for hydroxylation is 1. The summed E-state index contributed by atoms with van der Waals surface area (Å²) in [5, 5.41) is 0.916. The van der Waals surface area contributed by atoms with Crippen LogP contribution in [0.2, 0.25) is 0 Å². The van der Waals surface area contributed by atoms with Gasteiger partial charge < -0.3 is 9.30 Å². The van der Waals surface area contributed by atoms with Gasteiger partial charge in [-0.15, -0.1) is 0 Å². The highest BCUT2D eigenvalue weighted by Crippen LogP contribution is 2.28. The van der Waals surface area contributed by atoms with Gasteiger partial charge in [0.2, 0.25) is 10.0 Å². The normalized spacial score (nSPS) is 18.5. The van der Waals surface area contributed by atoms with Gasteiger partial charge >= 0.3 is 0 Å². The highest BCUT2D eigenvalue weighted by Gasteiger charge is 2.24. The Kier molecular flexibility index (Phi) is 8.43. The first-order valence-corrected chi connectivity index (χ1v) is 13.7. The van der Waals surface area contributed by atoms with E-state index in [1.54, 1.807) is 23.9 Å². The van der Waals surface area contributed by atoms with Gasteiger partial charge in [0.25, 0.3) is 0 Å². The topological polar surface area (TPSA) is 67.7 Å². The van der Waals surface area contributed by atoms with Gasteiger partial charge in [-0.2, -0.15) is 4.31 Å². The third-order valence-electron chi connectivity index (χ3n) is 5.59. The first-order chi connectivity index (χ1) is 14.8. The van der Waals surface area contributed by atoms with Gasteiger partial charge in [0, 0.05) is 45.0 Å². The van der Waals surface area contributed by atoms with E-state index in [4.69, 9.17) is 9.72 Å². The van der Waals surface area contributed by atoms with E-state index < -0.39 is 10.0 Å². The Balaban J connectivity index is 1.78.